The van der Waals surface area contributed by atoms with Gasteiger partial charge in [0.15, 0.2) is 17.4 Å². The summed E-state index contributed by atoms with van der Waals surface area (Å²) < 4.78 is 10.8. The minimum atomic E-state index is -0.811. The van der Waals surface area contributed by atoms with Crippen LogP contribution in [0.3, 0.4) is 0 Å². The second-order valence-corrected chi connectivity index (χ2v) is 7.90. The number of Topliss-reactive ketones (excluding diaryl/α,β-unsaturated/α-hetero) is 1. The molecule has 0 spiro atoms. The Balaban J connectivity index is 1.83. The molecule has 4 rings (SSSR count). The first-order chi connectivity index (χ1) is 15.3. The molecule has 3 aromatic rings. The van der Waals surface area contributed by atoms with E-state index < -0.39 is 23.6 Å². The molecule has 7 nitrogen and oxygen atoms in total. The Kier molecular flexibility index (Phi) is 5.57. The van der Waals surface area contributed by atoms with Crippen LogP contribution in [0, 0.1) is 12.8 Å². The second kappa shape index (κ2) is 8.34. The van der Waals surface area contributed by atoms with Crippen molar-refractivity contribution in [1.29, 1.82) is 0 Å². The predicted molar refractivity (Wildman–Crippen MR) is 119 cm³/mol. The van der Waals surface area contributed by atoms with E-state index in [1.807, 2.05) is 24.3 Å². The number of aryl methyl sites for hydroxylation is 1. The van der Waals surface area contributed by atoms with E-state index in [9.17, 15) is 14.7 Å². The summed E-state index contributed by atoms with van der Waals surface area (Å²) in [5, 5.41) is 10.7. The number of aliphatic hydroxyl groups excluding tert-OH is 1. The fourth-order valence-electron chi connectivity index (χ4n) is 3.91. The molecule has 0 fully saturated rings. The summed E-state index contributed by atoms with van der Waals surface area (Å²) >= 11 is 0. The topological polar surface area (TPSA) is 92.9 Å². The number of carbonyl (C=O) groups is 2. The lowest BCUT2D eigenvalue weighted by Crippen LogP contribution is -2.31. The van der Waals surface area contributed by atoms with Gasteiger partial charge in [0.2, 0.25) is 0 Å². The summed E-state index contributed by atoms with van der Waals surface area (Å²) in [5.41, 5.74) is 2.73. The molecule has 0 saturated heterocycles. The third kappa shape index (κ3) is 3.56. The van der Waals surface area contributed by atoms with Crippen molar-refractivity contribution in [1.82, 2.24) is 4.98 Å². The maximum absolute atomic E-state index is 13.2. The van der Waals surface area contributed by atoms with E-state index in [4.69, 9.17) is 9.15 Å². The second-order valence-electron chi connectivity index (χ2n) is 7.90. The summed E-state index contributed by atoms with van der Waals surface area (Å²) in [7, 11) is 1.53. The Hall–Kier alpha value is -3.87. The SMILES string of the molecule is COc1ccccc1C1C(C(=O)C(C)C)=C(O)C(=O)N1c1ccc(-c2coc(C)n2)cc1. The number of nitrogens with zero attached hydrogens (tertiary/aromatic N) is 2. The number of carbonyl (C=O) groups excluding carboxylic acids is 2. The number of methoxy groups -OCH3 is 1. The molecule has 1 aliphatic rings. The number of para-hydroxylation sites is 1. The fraction of sp³-hybridized carbons (Fsp3) is 0.240. The molecule has 0 saturated carbocycles. The van der Waals surface area contributed by atoms with Gasteiger partial charge in [0.1, 0.15) is 17.7 Å². The van der Waals surface area contributed by atoms with Crippen LogP contribution in [0.1, 0.15) is 31.3 Å². The zero-order valence-corrected chi connectivity index (χ0v) is 18.3. The maximum Gasteiger partial charge on any atom is 0.294 e. The van der Waals surface area contributed by atoms with E-state index in [0.717, 1.165) is 5.56 Å². The van der Waals surface area contributed by atoms with Crippen molar-refractivity contribution in [3.63, 3.8) is 0 Å². The minimum Gasteiger partial charge on any atom is -0.503 e. The quantitative estimate of drug-likeness (QED) is 0.602. The molecule has 2 heterocycles. The first kappa shape index (κ1) is 21.4. The van der Waals surface area contributed by atoms with Crippen molar-refractivity contribution in [3.8, 4) is 17.0 Å². The Labute approximate surface area is 186 Å². The van der Waals surface area contributed by atoms with Crippen LogP contribution in [0.25, 0.3) is 11.3 Å². The molecular formula is C25H24N2O5. The smallest absolute Gasteiger partial charge is 0.294 e. The summed E-state index contributed by atoms with van der Waals surface area (Å²) in [6, 6.07) is 13.5. The van der Waals surface area contributed by atoms with Crippen molar-refractivity contribution >= 4 is 17.4 Å². The van der Waals surface area contributed by atoms with E-state index in [1.54, 1.807) is 51.3 Å². The van der Waals surface area contributed by atoms with Crippen molar-refractivity contribution in [2.24, 2.45) is 5.92 Å². The highest BCUT2D eigenvalue weighted by Gasteiger charge is 2.45. The molecular weight excluding hydrogens is 408 g/mol. The molecule has 32 heavy (non-hydrogen) atoms. The predicted octanol–water partition coefficient (Wildman–Crippen LogP) is 4.78. The van der Waals surface area contributed by atoms with E-state index in [2.05, 4.69) is 4.98 Å². The molecule has 0 radical (unpaired) electrons. The van der Waals surface area contributed by atoms with Crippen LogP contribution in [-0.2, 0) is 9.59 Å². The van der Waals surface area contributed by atoms with Gasteiger partial charge in [0.25, 0.3) is 5.91 Å². The van der Waals surface area contributed by atoms with Gasteiger partial charge in [-0.3, -0.25) is 14.5 Å². The number of hydrogen-bond donors (Lipinski definition) is 1. The molecule has 2 aromatic carbocycles. The highest BCUT2D eigenvalue weighted by atomic mass is 16.5. The summed E-state index contributed by atoms with van der Waals surface area (Å²) in [4.78, 5) is 32.0. The van der Waals surface area contributed by atoms with Crippen LogP contribution in [0.2, 0.25) is 0 Å². The fourth-order valence-corrected chi connectivity index (χ4v) is 3.91. The van der Waals surface area contributed by atoms with Crippen LogP contribution in [0.5, 0.6) is 5.75 Å². The van der Waals surface area contributed by atoms with Crippen molar-refractivity contribution < 1.29 is 23.8 Å². The highest BCUT2D eigenvalue weighted by molar-refractivity contribution is 6.17. The van der Waals surface area contributed by atoms with Crippen LogP contribution in [0.15, 0.2) is 70.5 Å². The standard InChI is InChI=1S/C25H24N2O5/c1-14(2)23(28)21-22(18-7-5-6-8-20(18)31-4)27(25(30)24(21)29)17-11-9-16(10-12-17)19-13-32-15(3)26-19/h5-14,22,29H,1-4H3. The summed E-state index contributed by atoms with van der Waals surface area (Å²) in [6.45, 7) is 5.24. The Bertz CT molecular complexity index is 1210. The van der Waals surface area contributed by atoms with Crippen molar-refractivity contribution in [2.75, 3.05) is 12.0 Å². The van der Waals surface area contributed by atoms with Crippen LogP contribution >= 0.6 is 0 Å². The van der Waals surface area contributed by atoms with E-state index >= 15 is 0 Å². The van der Waals surface area contributed by atoms with E-state index in [-0.39, 0.29) is 11.4 Å². The normalized spacial score (nSPS) is 16.2. The first-order valence-corrected chi connectivity index (χ1v) is 10.3. The lowest BCUT2D eigenvalue weighted by molar-refractivity contribution is -0.119. The van der Waals surface area contributed by atoms with Gasteiger partial charge < -0.3 is 14.3 Å². The molecule has 1 aromatic heterocycles. The largest absolute Gasteiger partial charge is 0.503 e. The van der Waals surface area contributed by atoms with Gasteiger partial charge in [-0.15, -0.1) is 0 Å². The molecule has 1 N–H and O–H groups in total. The maximum atomic E-state index is 13.2. The third-order valence-corrected chi connectivity index (χ3v) is 5.49. The number of oxazole rings is 1. The molecule has 7 heteroatoms. The number of ketones is 1. The summed E-state index contributed by atoms with van der Waals surface area (Å²) in [6.07, 6.45) is 1.57. The summed E-state index contributed by atoms with van der Waals surface area (Å²) in [5.74, 6) is -0.765. The monoisotopic (exact) mass is 432 g/mol. The Morgan fingerprint density at radius 2 is 1.84 bits per heavy atom. The van der Waals surface area contributed by atoms with Crippen LogP contribution in [-0.4, -0.2) is 28.9 Å². The van der Waals surface area contributed by atoms with Gasteiger partial charge in [-0.1, -0.05) is 44.2 Å². The zero-order chi connectivity index (χ0) is 23.0. The van der Waals surface area contributed by atoms with Crippen LogP contribution in [0.4, 0.5) is 5.69 Å². The molecule has 164 valence electrons. The number of benzene rings is 2. The minimum absolute atomic E-state index is 0.0747. The van der Waals surface area contributed by atoms with Crippen LogP contribution < -0.4 is 9.64 Å². The average Bonchev–Trinajstić information content (AvgIpc) is 3.34. The van der Waals surface area contributed by atoms with Crippen molar-refractivity contribution in [2.45, 2.75) is 26.8 Å². The number of hydrogen-bond acceptors (Lipinski definition) is 6. The number of amides is 1. The third-order valence-electron chi connectivity index (χ3n) is 5.49. The molecule has 1 aliphatic heterocycles. The molecule has 0 bridgehead atoms. The van der Waals surface area contributed by atoms with Gasteiger partial charge in [-0.05, 0) is 18.2 Å². The number of ether oxygens (including phenoxy) is 1. The Morgan fingerprint density at radius 3 is 2.44 bits per heavy atom. The number of anilines is 1. The highest BCUT2D eigenvalue weighted by Crippen LogP contribution is 2.44. The van der Waals surface area contributed by atoms with Crippen molar-refractivity contribution in [3.05, 3.63) is 77.6 Å². The van der Waals surface area contributed by atoms with Gasteiger partial charge >= 0.3 is 0 Å². The zero-order valence-electron chi connectivity index (χ0n) is 18.3. The lowest BCUT2D eigenvalue weighted by atomic mass is 9.90. The number of aliphatic hydroxyl groups is 1. The van der Waals surface area contributed by atoms with Gasteiger partial charge in [-0.25, -0.2) is 4.98 Å². The van der Waals surface area contributed by atoms with E-state index in [1.165, 1.54) is 12.0 Å². The molecule has 1 unspecified atom stereocenters. The van der Waals surface area contributed by atoms with E-state index in [0.29, 0.717) is 28.6 Å². The molecule has 1 atom stereocenters. The average molecular weight is 432 g/mol. The Morgan fingerprint density at radius 1 is 1.16 bits per heavy atom. The van der Waals surface area contributed by atoms with Gasteiger partial charge in [0.05, 0.1) is 18.7 Å². The van der Waals surface area contributed by atoms with Gasteiger partial charge in [0, 0.05) is 29.7 Å². The first-order valence-electron chi connectivity index (χ1n) is 10.3. The molecule has 1 amide bonds. The molecule has 0 aliphatic carbocycles. The van der Waals surface area contributed by atoms with Gasteiger partial charge in [-0.2, -0.15) is 0 Å². The lowest BCUT2D eigenvalue weighted by Gasteiger charge is -2.28. The number of aromatic nitrogens is 1. The number of rotatable bonds is 6.